The van der Waals surface area contributed by atoms with Crippen molar-refractivity contribution in [2.24, 2.45) is 39.4 Å². The van der Waals surface area contributed by atoms with E-state index in [9.17, 15) is 9.90 Å². The van der Waals surface area contributed by atoms with Crippen LogP contribution in [-0.2, 0) is 4.79 Å². The van der Waals surface area contributed by atoms with E-state index in [2.05, 4.69) is 61.5 Å². The van der Waals surface area contributed by atoms with Gasteiger partial charge in [-0.05, 0) is 99.2 Å². The van der Waals surface area contributed by atoms with Crippen molar-refractivity contribution in [3.8, 4) is 0 Å². The summed E-state index contributed by atoms with van der Waals surface area (Å²) in [5, 5.41) is 10.8. The Balaban J connectivity index is 1.70. The normalized spacial score (nSPS) is 43.9. The Morgan fingerprint density at radius 3 is 2.44 bits per heavy atom. The lowest BCUT2D eigenvalue weighted by Crippen LogP contribution is -2.57. The van der Waals surface area contributed by atoms with Crippen molar-refractivity contribution in [3.63, 3.8) is 0 Å². The van der Waals surface area contributed by atoms with Gasteiger partial charge in [-0.15, -0.1) is 0 Å². The maximum Gasteiger partial charge on any atom is 0.159 e. The first-order valence-corrected chi connectivity index (χ1v) is 13.4. The van der Waals surface area contributed by atoms with Crippen molar-refractivity contribution in [1.29, 1.82) is 0 Å². The molecule has 0 saturated heterocycles. The van der Waals surface area contributed by atoms with E-state index in [0.29, 0.717) is 24.0 Å². The smallest absolute Gasteiger partial charge is 0.159 e. The molecule has 4 aliphatic carbocycles. The van der Waals surface area contributed by atoms with E-state index in [1.54, 1.807) is 0 Å². The van der Waals surface area contributed by atoms with Gasteiger partial charge in [-0.25, -0.2) is 0 Å². The van der Waals surface area contributed by atoms with Crippen LogP contribution < -0.4 is 0 Å². The van der Waals surface area contributed by atoms with Crippen LogP contribution in [0.25, 0.3) is 0 Å². The Kier molecular flexibility index (Phi) is 5.93. The van der Waals surface area contributed by atoms with Crippen LogP contribution in [0.5, 0.6) is 0 Å². The number of aliphatic hydroxyl groups excluding tert-OH is 1. The standard InChI is InChI=1S/C30H48O2/c1-19(2)10-9-11-20(3)21-12-17-30(8)26-22(13-16-29(21,30)7)28(6)15-14-25(32)27(4,5)24(28)18-23(26)31/h10,20-21,24-25,32H,9,11-18H2,1-8H3/t20-,21+,24-,25-,28+,29+,30-/m0/s1. The second-order valence-electron chi connectivity index (χ2n) is 13.6. The minimum absolute atomic E-state index is 0.0152. The van der Waals surface area contributed by atoms with Gasteiger partial charge in [0.25, 0.3) is 0 Å². The van der Waals surface area contributed by atoms with Crippen molar-refractivity contribution in [1.82, 2.24) is 0 Å². The number of fused-ring (bicyclic) bond motifs is 4. The van der Waals surface area contributed by atoms with Gasteiger partial charge in [0.2, 0.25) is 0 Å². The second kappa shape index (κ2) is 7.82. The second-order valence-corrected chi connectivity index (χ2v) is 13.6. The summed E-state index contributed by atoms with van der Waals surface area (Å²) in [6, 6.07) is 0. The van der Waals surface area contributed by atoms with Crippen molar-refractivity contribution < 1.29 is 9.90 Å². The number of allylic oxidation sites excluding steroid dienone is 4. The number of hydrogen-bond acceptors (Lipinski definition) is 2. The molecular formula is C30H48O2. The lowest BCUT2D eigenvalue weighted by atomic mass is 9.43. The Labute approximate surface area is 197 Å². The van der Waals surface area contributed by atoms with Gasteiger partial charge in [0.15, 0.2) is 5.78 Å². The third-order valence-corrected chi connectivity index (χ3v) is 11.5. The SMILES string of the molecule is CC(C)=CCC[C@H](C)[C@H]1CC[C@@]2(C)C3=C(CC[C@]12C)[C@@]1(C)CC[C@H](O)C(C)(C)[C@@H]1CC3=O. The first-order chi connectivity index (χ1) is 14.8. The van der Waals surface area contributed by atoms with E-state index in [4.69, 9.17) is 0 Å². The molecule has 32 heavy (non-hydrogen) atoms. The lowest BCUT2D eigenvalue weighted by Gasteiger charge is -2.61. The van der Waals surface area contributed by atoms with Gasteiger partial charge in [-0.2, -0.15) is 0 Å². The summed E-state index contributed by atoms with van der Waals surface area (Å²) in [4.78, 5) is 13.9. The van der Waals surface area contributed by atoms with E-state index in [1.165, 1.54) is 48.8 Å². The summed E-state index contributed by atoms with van der Waals surface area (Å²) < 4.78 is 0. The van der Waals surface area contributed by atoms with Crippen LogP contribution in [-0.4, -0.2) is 17.0 Å². The Morgan fingerprint density at radius 2 is 1.78 bits per heavy atom. The number of carbonyl (C=O) groups is 1. The first-order valence-electron chi connectivity index (χ1n) is 13.4. The predicted molar refractivity (Wildman–Crippen MR) is 133 cm³/mol. The van der Waals surface area contributed by atoms with Gasteiger partial charge in [0, 0.05) is 17.4 Å². The molecule has 0 aromatic heterocycles. The van der Waals surface area contributed by atoms with E-state index >= 15 is 0 Å². The topological polar surface area (TPSA) is 37.3 Å². The molecule has 0 radical (unpaired) electrons. The minimum atomic E-state index is -0.294. The van der Waals surface area contributed by atoms with Crippen molar-refractivity contribution in [3.05, 3.63) is 22.8 Å². The summed E-state index contributed by atoms with van der Waals surface area (Å²) in [6.45, 7) is 18.7. The third kappa shape index (κ3) is 3.25. The number of aliphatic hydroxyl groups is 1. The zero-order valence-electron chi connectivity index (χ0n) is 22.1. The third-order valence-electron chi connectivity index (χ3n) is 11.5. The molecule has 0 amide bonds. The molecule has 1 N–H and O–H groups in total. The molecule has 0 aromatic carbocycles. The van der Waals surface area contributed by atoms with Crippen molar-refractivity contribution in [2.75, 3.05) is 0 Å². The van der Waals surface area contributed by atoms with Gasteiger partial charge >= 0.3 is 0 Å². The van der Waals surface area contributed by atoms with Gasteiger partial charge < -0.3 is 5.11 Å². The van der Waals surface area contributed by atoms with Crippen LogP contribution in [0.1, 0.15) is 113 Å². The van der Waals surface area contributed by atoms with Crippen LogP contribution in [0, 0.1) is 39.4 Å². The molecule has 180 valence electrons. The minimum Gasteiger partial charge on any atom is -0.393 e. The summed E-state index contributed by atoms with van der Waals surface area (Å²) in [5.41, 5.74) is 4.28. The Bertz CT molecular complexity index is 843. The number of rotatable bonds is 4. The predicted octanol–water partition coefficient (Wildman–Crippen LogP) is 7.66. The molecule has 0 heterocycles. The molecule has 2 heteroatoms. The summed E-state index contributed by atoms with van der Waals surface area (Å²) in [6.07, 6.45) is 11.8. The van der Waals surface area contributed by atoms with Gasteiger partial charge in [-0.3, -0.25) is 4.79 Å². The van der Waals surface area contributed by atoms with E-state index in [-0.39, 0.29) is 33.7 Å². The molecule has 7 atom stereocenters. The molecule has 0 unspecified atom stereocenters. The summed E-state index contributed by atoms with van der Waals surface area (Å²) in [7, 11) is 0. The molecule has 0 bridgehead atoms. The van der Waals surface area contributed by atoms with E-state index in [0.717, 1.165) is 19.3 Å². The number of Topliss-reactive ketones (excluding diaryl/α,β-unsaturated/α-hetero) is 1. The maximum atomic E-state index is 13.9. The van der Waals surface area contributed by atoms with Crippen LogP contribution >= 0.6 is 0 Å². The molecule has 4 aliphatic rings. The Morgan fingerprint density at radius 1 is 1.09 bits per heavy atom. The van der Waals surface area contributed by atoms with Gasteiger partial charge in [0.1, 0.15) is 0 Å². The van der Waals surface area contributed by atoms with E-state index < -0.39 is 0 Å². The zero-order valence-corrected chi connectivity index (χ0v) is 22.1. The van der Waals surface area contributed by atoms with Gasteiger partial charge in [-0.1, -0.05) is 58.8 Å². The monoisotopic (exact) mass is 440 g/mol. The highest BCUT2D eigenvalue weighted by atomic mass is 16.3. The maximum absolute atomic E-state index is 13.9. The molecule has 0 aromatic rings. The average Bonchev–Trinajstić information content (AvgIpc) is 2.98. The highest BCUT2D eigenvalue weighted by Gasteiger charge is 2.65. The average molecular weight is 441 g/mol. The fourth-order valence-corrected chi connectivity index (χ4v) is 9.14. The lowest BCUT2D eigenvalue weighted by molar-refractivity contribution is -0.134. The van der Waals surface area contributed by atoms with Crippen molar-refractivity contribution in [2.45, 2.75) is 119 Å². The number of hydrogen-bond donors (Lipinski definition) is 1. The number of ketones is 1. The zero-order chi connectivity index (χ0) is 23.7. The number of carbonyl (C=O) groups excluding carboxylic acids is 1. The fourth-order valence-electron chi connectivity index (χ4n) is 9.14. The summed E-state index contributed by atoms with van der Waals surface area (Å²) in [5.74, 6) is 2.08. The molecule has 4 rings (SSSR count). The van der Waals surface area contributed by atoms with Gasteiger partial charge in [0.05, 0.1) is 6.10 Å². The highest BCUT2D eigenvalue weighted by Crippen LogP contribution is 2.71. The summed E-state index contributed by atoms with van der Waals surface area (Å²) >= 11 is 0. The first kappa shape index (κ1) is 24.2. The van der Waals surface area contributed by atoms with Crippen LogP contribution in [0.15, 0.2) is 22.8 Å². The molecule has 2 saturated carbocycles. The fraction of sp³-hybridized carbons (Fsp3) is 0.833. The van der Waals surface area contributed by atoms with Crippen molar-refractivity contribution >= 4 is 5.78 Å². The molecular weight excluding hydrogens is 392 g/mol. The molecule has 2 nitrogen and oxygen atoms in total. The quantitative estimate of drug-likeness (QED) is 0.456. The van der Waals surface area contributed by atoms with E-state index in [1.807, 2.05) is 0 Å². The van der Waals surface area contributed by atoms with Crippen LogP contribution in [0.2, 0.25) is 0 Å². The molecule has 2 fully saturated rings. The largest absolute Gasteiger partial charge is 0.393 e. The molecule has 0 aliphatic heterocycles. The van der Waals surface area contributed by atoms with Crippen LogP contribution in [0.4, 0.5) is 0 Å². The highest BCUT2D eigenvalue weighted by molar-refractivity contribution is 5.99. The molecule has 0 spiro atoms. The van der Waals surface area contributed by atoms with Crippen LogP contribution in [0.3, 0.4) is 0 Å². The Hall–Kier alpha value is -0.890.